The topological polar surface area (TPSA) is 24.4 Å². The second-order valence-corrected chi connectivity index (χ2v) is 1.92. The maximum atomic E-state index is 5.38. The molecule has 1 atom stereocenters. The first-order chi connectivity index (χ1) is 2.89. The van der Waals surface area contributed by atoms with Gasteiger partial charge in [-0.05, 0) is 11.9 Å². The van der Waals surface area contributed by atoms with Crippen LogP contribution in [0.2, 0.25) is 0 Å². The summed E-state index contributed by atoms with van der Waals surface area (Å²) in [5.41, 5.74) is 1.48. The SMILES string of the molecule is ClC1N=CSN1. The van der Waals surface area contributed by atoms with Crippen molar-refractivity contribution in [3.63, 3.8) is 0 Å². The summed E-state index contributed by atoms with van der Waals surface area (Å²) in [7, 11) is 0. The molecule has 0 spiro atoms. The van der Waals surface area contributed by atoms with Crippen LogP contribution in [0.1, 0.15) is 0 Å². The van der Waals surface area contributed by atoms with Crippen molar-refractivity contribution < 1.29 is 0 Å². The number of alkyl halides is 1. The lowest BCUT2D eigenvalue weighted by Gasteiger charge is -1.88. The number of aliphatic imine (C=N–C) groups is 1. The minimum absolute atomic E-state index is 0.199. The number of nitrogens with zero attached hydrogens (tertiary/aromatic N) is 1. The summed E-state index contributed by atoms with van der Waals surface area (Å²) >= 11 is 6.79. The van der Waals surface area contributed by atoms with Crippen LogP contribution in [0.25, 0.3) is 0 Å². The normalized spacial score (nSPS) is 31.8. The maximum absolute atomic E-state index is 5.38. The zero-order chi connectivity index (χ0) is 4.41. The molecule has 0 fully saturated rings. The van der Waals surface area contributed by atoms with Crippen molar-refractivity contribution in [2.45, 2.75) is 5.62 Å². The fourth-order valence-corrected chi connectivity index (χ4v) is 0.895. The van der Waals surface area contributed by atoms with E-state index >= 15 is 0 Å². The Kier molecular flexibility index (Phi) is 1.34. The van der Waals surface area contributed by atoms with Crippen molar-refractivity contribution in [3.05, 3.63) is 0 Å². The number of hydrogen-bond donors (Lipinski definition) is 1. The summed E-state index contributed by atoms with van der Waals surface area (Å²) < 4.78 is 2.78. The molecule has 34 valence electrons. The minimum Gasteiger partial charge on any atom is -0.249 e. The van der Waals surface area contributed by atoms with Crippen LogP contribution in [0.3, 0.4) is 0 Å². The first kappa shape index (κ1) is 4.43. The molecule has 0 aromatic heterocycles. The summed E-state index contributed by atoms with van der Waals surface area (Å²) in [6.45, 7) is 0. The largest absolute Gasteiger partial charge is 0.249 e. The standard InChI is InChI=1S/C2H3ClN2S/c3-2-4-1-6-5-2/h1-2,5H. The molecule has 4 heteroatoms. The summed E-state index contributed by atoms with van der Waals surface area (Å²) in [5.74, 6) is 0. The molecule has 0 saturated carbocycles. The van der Waals surface area contributed by atoms with Crippen LogP contribution in [0.15, 0.2) is 4.99 Å². The van der Waals surface area contributed by atoms with Gasteiger partial charge in [-0.2, -0.15) is 0 Å². The zero-order valence-corrected chi connectivity index (χ0v) is 4.46. The van der Waals surface area contributed by atoms with Gasteiger partial charge in [-0.15, -0.1) is 0 Å². The molecule has 0 amide bonds. The van der Waals surface area contributed by atoms with Gasteiger partial charge in [0.25, 0.3) is 0 Å². The van der Waals surface area contributed by atoms with Crippen LogP contribution < -0.4 is 4.72 Å². The van der Waals surface area contributed by atoms with Gasteiger partial charge in [0, 0.05) is 0 Å². The van der Waals surface area contributed by atoms with Crippen LogP contribution in [0.5, 0.6) is 0 Å². The predicted octanol–water partition coefficient (Wildman–Crippen LogP) is 0.788. The fourth-order valence-electron chi connectivity index (χ4n) is 0.201. The lowest BCUT2D eigenvalue weighted by Crippen LogP contribution is -2.05. The van der Waals surface area contributed by atoms with Gasteiger partial charge in [0.1, 0.15) is 0 Å². The highest BCUT2D eigenvalue weighted by atomic mass is 35.5. The van der Waals surface area contributed by atoms with Crippen molar-refractivity contribution >= 4 is 29.1 Å². The molecule has 1 unspecified atom stereocenters. The van der Waals surface area contributed by atoms with E-state index in [-0.39, 0.29) is 5.62 Å². The molecule has 6 heavy (non-hydrogen) atoms. The quantitative estimate of drug-likeness (QED) is 0.292. The van der Waals surface area contributed by atoms with Crippen LogP contribution in [0.4, 0.5) is 0 Å². The second kappa shape index (κ2) is 1.82. The first-order valence-electron chi connectivity index (χ1n) is 1.46. The Morgan fingerprint density at radius 2 is 2.83 bits per heavy atom. The van der Waals surface area contributed by atoms with Gasteiger partial charge in [0.2, 0.25) is 0 Å². The van der Waals surface area contributed by atoms with Crippen LogP contribution in [-0.4, -0.2) is 11.2 Å². The third kappa shape index (κ3) is 0.864. The van der Waals surface area contributed by atoms with Crippen molar-refractivity contribution in [1.82, 2.24) is 4.72 Å². The van der Waals surface area contributed by atoms with E-state index in [4.69, 9.17) is 11.6 Å². The van der Waals surface area contributed by atoms with Crippen molar-refractivity contribution in [1.29, 1.82) is 0 Å². The highest BCUT2D eigenvalue weighted by molar-refractivity contribution is 8.10. The number of halogens is 1. The third-order valence-electron chi connectivity index (χ3n) is 0.410. The maximum Gasteiger partial charge on any atom is 0.185 e. The Morgan fingerprint density at radius 3 is 3.00 bits per heavy atom. The van der Waals surface area contributed by atoms with Crippen molar-refractivity contribution in [3.8, 4) is 0 Å². The average molecular weight is 123 g/mol. The Bertz CT molecular complexity index is 73.9. The lowest BCUT2D eigenvalue weighted by atomic mass is 11.2. The number of hydrogen-bond acceptors (Lipinski definition) is 3. The summed E-state index contributed by atoms with van der Waals surface area (Å²) in [4.78, 5) is 3.73. The highest BCUT2D eigenvalue weighted by Crippen LogP contribution is 2.05. The Morgan fingerprint density at radius 1 is 2.00 bits per heavy atom. The molecule has 1 aliphatic heterocycles. The van der Waals surface area contributed by atoms with E-state index in [1.165, 1.54) is 11.9 Å². The molecule has 1 heterocycles. The summed E-state index contributed by atoms with van der Waals surface area (Å²) in [6, 6.07) is 0. The second-order valence-electron chi connectivity index (χ2n) is 0.826. The summed E-state index contributed by atoms with van der Waals surface area (Å²) in [5, 5.41) is 0. The van der Waals surface area contributed by atoms with Gasteiger partial charge in [-0.25, -0.2) is 9.71 Å². The van der Waals surface area contributed by atoms with Gasteiger partial charge in [0.15, 0.2) is 5.62 Å². The third-order valence-corrected chi connectivity index (χ3v) is 1.35. The summed E-state index contributed by atoms with van der Waals surface area (Å²) in [6.07, 6.45) is 0. The Balaban J connectivity index is 2.38. The minimum atomic E-state index is -0.199. The Labute approximate surface area is 45.1 Å². The fraction of sp³-hybridized carbons (Fsp3) is 0.500. The molecule has 0 aromatic carbocycles. The predicted molar refractivity (Wildman–Crippen MR) is 28.9 cm³/mol. The number of nitrogens with one attached hydrogen (secondary N) is 1. The van der Waals surface area contributed by atoms with Crippen LogP contribution in [0, 0.1) is 0 Å². The average Bonchev–Trinajstić information content (AvgIpc) is 1.86. The molecule has 0 saturated heterocycles. The Hall–Kier alpha value is 0.270. The van der Waals surface area contributed by atoms with E-state index in [1.54, 1.807) is 5.55 Å². The first-order valence-corrected chi connectivity index (χ1v) is 2.78. The smallest absolute Gasteiger partial charge is 0.185 e. The van der Waals surface area contributed by atoms with E-state index < -0.39 is 0 Å². The molecule has 2 nitrogen and oxygen atoms in total. The molecule has 1 aliphatic rings. The van der Waals surface area contributed by atoms with Crippen molar-refractivity contribution in [2.75, 3.05) is 0 Å². The monoisotopic (exact) mass is 122 g/mol. The van der Waals surface area contributed by atoms with E-state index in [9.17, 15) is 0 Å². The van der Waals surface area contributed by atoms with E-state index in [1.807, 2.05) is 0 Å². The van der Waals surface area contributed by atoms with Crippen molar-refractivity contribution in [2.24, 2.45) is 4.99 Å². The molecule has 0 aliphatic carbocycles. The molecular formula is C2H3ClN2S. The molecule has 1 N–H and O–H groups in total. The van der Waals surface area contributed by atoms with Crippen LogP contribution >= 0.6 is 23.5 Å². The van der Waals surface area contributed by atoms with E-state index in [0.717, 1.165) is 0 Å². The van der Waals surface area contributed by atoms with Gasteiger partial charge in [0.05, 0.1) is 5.55 Å². The van der Waals surface area contributed by atoms with Gasteiger partial charge in [-0.3, -0.25) is 0 Å². The molecule has 0 bridgehead atoms. The van der Waals surface area contributed by atoms with Gasteiger partial charge < -0.3 is 0 Å². The van der Waals surface area contributed by atoms with Crippen LogP contribution in [-0.2, 0) is 0 Å². The molecule has 0 radical (unpaired) electrons. The highest BCUT2D eigenvalue weighted by Gasteiger charge is 2.01. The lowest BCUT2D eigenvalue weighted by molar-refractivity contribution is 0.924. The number of rotatable bonds is 0. The van der Waals surface area contributed by atoms with Gasteiger partial charge >= 0.3 is 0 Å². The zero-order valence-electron chi connectivity index (χ0n) is 2.89. The van der Waals surface area contributed by atoms with Gasteiger partial charge in [-0.1, -0.05) is 11.6 Å². The van der Waals surface area contributed by atoms with E-state index in [2.05, 4.69) is 9.71 Å². The van der Waals surface area contributed by atoms with E-state index in [0.29, 0.717) is 0 Å². The molecule has 0 aromatic rings. The molecule has 1 rings (SSSR count). The molecular weight excluding hydrogens is 120 g/mol.